The molecule has 0 aromatic heterocycles. The second-order valence-corrected chi connectivity index (χ2v) is 7.20. The van der Waals surface area contributed by atoms with E-state index in [1.807, 2.05) is 0 Å². The lowest BCUT2D eigenvalue weighted by Gasteiger charge is -2.26. The van der Waals surface area contributed by atoms with Gasteiger partial charge in [0.15, 0.2) is 0 Å². The summed E-state index contributed by atoms with van der Waals surface area (Å²) in [4.78, 5) is 0.131. The van der Waals surface area contributed by atoms with Crippen LogP contribution < -0.4 is 10.5 Å². The van der Waals surface area contributed by atoms with Gasteiger partial charge in [0.05, 0.1) is 18.9 Å². The fourth-order valence-electron chi connectivity index (χ4n) is 1.80. The molecule has 6 nitrogen and oxygen atoms in total. The minimum atomic E-state index is -3.63. The summed E-state index contributed by atoms with van der Waals surface area (Å²) in [5, 5.41) is 0. The molecular formula is C11H14BrN3O3S2. The zero-order valence-electron chi connectivity index (χ0n) is 10.5. The number of rotatable bonds is 4. The van der Waals surface area contributed by atoms with E-state index >= 15 is 0 Å². The predicted octanol–water partition coefficient (Wildman–Crippen LogP) is 1.07. The Kier molecular flexibility index (Phi) is 4.97. The lowest BCUT2D eigenvalue weighted by molar-refractivity contribution is 0.0733. The van der Waals surface area contributed by atoms with Crippen molar-refractivity contribution in [1.29, 1.82) is 0 Å². The van der Waals surface area contributed by atoms with Gasteiger partial charge in [-0.25, -0.2) is 0 Å². The van der Waals surface area contributed by atoms with Gasteiger partial charge in [0.1, 0.15) is 4.99 Å². The standard InChI is InChI=1S/C11H14BrN3O3S2/c12-8-1-2-10(9(7-8)11(13)19)14-20(16,17)15-3-5-18-6-4-15/h1-2,7,14H,3-6H2,(H2,13,19). The molecule has 1 aliphatic rings. The number of benzene rings is 1. The Morgan fingerprint density at radius 1 is 1.40 bits per heavy atom. The van der Waals surface area contributed by atoms with Crippen LogP contribution in [0.15, 0.2) is 22.7 Å². The van der Waals surface area contributed by atoms with Gasteiger partial charge in [0.25, 0.3) is 0 Å². The number of hydrogen-bond donors (Lipinski definition) is 2. The summed E-state index contributed by atoms with van der Waals surface area (Å²) in [6, 6.07) is 5.02. The van der Waals surface area contributed by atoms with Crippen molar-refractivity contribution in [1.82, 2.24) is 4.31 Å². The monoisotopic (exact) mass is 379 g/mol. The summed E-state index contributed by atoms with van der Waals surface area (Å²) in [5.74, 6) is 0. The molecule has 0 amide bonds. The molecule has 0 spiro atoms. The van der Waals surface area contributed by atoms with Crippen LogP contribution in [0, 0.1) is 0 Å². The van der Waals surface area contributed by atoms with E-state index < -0.39 is 10.2 Å². The van der Waals surface area contributed by atoms with Crippen molar-refractivity contribution in [3.63, 3.8) is 0 Å². The van der Waals surface area contributed by atoms with Crippen molar-refractivity contribution in [3.05, 3.63) is 28.2 Å². The molecular weight excluding hydrogens is 366 g/mol. The highest BCUT2D eigenvalue weighted by molar-refractivity contribution is 9.10. The number of halogens is 1. The molecule has 0 unspecified atom stereocenters. The highest BCUT2D eigenvalue weighted by Gasteiger charge is 2.25. The Hall–Kier alpha value is -0.740. The maximum atomic E-state index is 12.3. The third-order valence-corrected chi connectivity index (χ3v) is 5.03. The van der Waals surface area contributed by atoms with Crippen LogP contribution >= 0.6 is 28.1 Å². The van der Waals surface area contributed by atoms with Crippen molar-refractivity contribution in [2.45, 2.75) is 0 Å². The van der Waals surface area contributed by atoms with Crippen LogP contribution in [0.4, 0.5) is 5.69 Å². The summed E-state index contributed by atoms with van der Waals surface area (Å²) in [5.41, 5.74) is 6.47. The smallest absolute Gasteiger partial charge is 0.301 e. The van der Waals surface area contributed by atoms with Gasteiger partial charge in [-0.2, -0.15) is 12.7 Å². The number of nitrogens with two attached hydrogens (primary N) is 1. The average Bonchev–Trinajstić information content (AvgIpc) is 2.41. The van der Waals surface area contributed by atoms with E-state index in [-0.39, 0.29) is 4.99 Å². The van der Waals surface area contributed by atoms with E-state index in [0.29, 0.717) is 37.6 Å². The number of anilines is 1. The zero-order chi connectivity index (χ0) is 14.8. The van der Waals surface area contributed by atoms with E-state index in [1.165, 1.54) is 4.31 Å². The summed E-state index contributed by atoms with van der Waals surface area (Å²) < 4.78 is 34.3. The molecule has 1 aromatic carbocycles. The zero-order valence-corrected chi connectivity index (χ0v) is 13.7. The number of thiocarbonyl (C=S) groups is 1. The van der Waals surface area contributed by atoms with Crippen LogP contribution in [0.5, 0.6) is 0 Å². The molecule has 110 valence electrons. The molecule has 1 saturated heterocycles. The Labute approximate surface area is 131 Å². The molecule has 2 rings (SSSR count). The highest BCUT2D eigenvalue weighted by Crippen LogP contribution is 2.23. The largest absolute Gasteiger partial charge is 0.389 e. The normalized spacial score (nSPS) is 16.9. The first-order valence-electron chi connectivity index (χ1n) is 5.85. The average molecular weight is 380 g/mol. The summed E-state index contributed by atoms with van der Waals surface area (Å²) in [7, 11) is -3.63. The van der Waals surface area contributed by atoms with Crippen LogP contribution in [0.25, 0.3) is 0 Å². The first kappa shape index (κ1) is 15.6. The van der Waals surface area contributed by atoms with Gasteiger partial charge in [0.2, 0.25) is 0 Å². The van der Waals surface area contributed by atoms with Gasteiger partial charge in [-0.15, -0.1) is 0 Å². The van der Waals surface area contributed by atoms with Gasteiger partial charge in [-0.1, -0.05) is 28.1 Å². The van der Waals surface area contributed by atoms with Crippen molar-refractivity contribution in [2.75, 3.05) is 31.0 Å². The fraction of sp³-hybridized carbons (Fsp3) is 0.364. The molecule has 1 aliphatic heterocycles. The highest BCUT2D eigenvalue weighted by atomic mass is 79.9. The van der Waals surface area contributed by atoms with Crippen molar-refractivity contribution in [3.8, 4) is 0 Å². The van der Waals surface area contributed by atoms with E-state index in [0.717, 1.165) is 4.47 Å². The Morgan fingerprint density at radius 2 is 2.05 bits per heavy atom. The van der Waals surface area contributed by atoms with E-state index in [1.54, 1.807) is 18.2 Å². The van der Waals surface area contributed by atoms with Gasteiger partial charge in [0, 0.05) is 23.1 Å². The second kappa shape index (κ2) is 6.35. The van der Waals surface area contributed by atoms with Crippen LogP contribution in [0.3, 0.4) is 0 Å². The topological polar surface area (TPSA) is 84.7 Å². The molecule has 0 saturated carbocycles. The molecule has 3 N–H and O–H groups in total. The van der Waals surface area contributed by atoms with Gasteiger partial charge >= 0.3 is 10.2 Å². The van der Waals surface area contributed by atoms with Crippen molar-refractivity contribution in [2.24, 2.45) is 5.73 Å². The third kappa shape index (κ3) is 3.67. The first-order valence-corrected chi connectivity index (χ1v) is 8.49. The van der Waals surface area contributed by atoms with Crippen LogP contribution in [-0.2, 0) is 14.9 Å². The predicted molar refractivity (Wildman–Crippen MR) is 85.0 cm³/mol. The minimum Gasteiger partial charge on any atom is -0.389 e. The third-order valence-electron chi connectivity index (χ3n) is 2.80. The number of hydrogen-bond acceptors (Lipinski definition) is 4. The van der Waals surface area contributed by atoms with Crippen molar-refractivity contribution >= 4 is 49.0 Å². The molecule has 1 heterocycles. The van der Waals surface area contributed by atoms with E-state index in [4.69, 9.17) is 22.7 Å². The van der Waals surface area contributed by atoms with Crippen molar-refractivity contribution < 1.29 is 13.2 Å². The summed E-state index contributed by atoms with van der Waals surface area (Å²) in [6.45, 7) is 1.44. The summed E-state index contributed by atoms with van der Waals surface area (Å²) >= 11 is 8.24. The molecule has 9 heteroatoms. The number of nitrogens with one attached hydrogen (secondary N) is 1. The number of nitrogens with zero attached hydrogens (tertiary/aromatic N) is 1. The quantitative estimate of drug-likeness (QED) is 0.764. The van der Waals surface area contributed by atoms with Gasteiger partial charge in [-0.3, -0.25) is 4.72 Å². The molecule has 0 atom stereocenters. The number of ether oxygens (including phenoxy) is 1. The molecule has 1 aromatic rings. The minimum absolute atomic E-state index is 0.131. The first-order chi connectivity index (χ1) is 9.40. The molecule has 0 aliphatic carbocycles. The fourth-order valence-corrected chi connectivity index (χ4v) is 3.54. The maximum absolute atomic E-state index is 12.3. The lowest BCUT2D eigenvalue weighted by Crippen LogP contribution is -2.43. The second-order valence-electron chi connectivity index (χ2n) is 4.17. The molecule has 1 fully saturated rings. The SMILES string of the molecule is NC(=S)c1cc(Br)ccc1NS(=O)(=O)N1CCOCC1. The summed E-state index contributed by atoms with van der Waals surface area (Å²) in [6.07, 6.45) is 0. The van der Waals surface area contributed by atoms with E-state index in [2.05, 4.69) is 20.7 Å². The van der Waals surface area contributed by atoms with Crippen LogP contribution in [0.1, 0.15) is 5.56 Å². The Balaban J connectivity index is 2.27. The molecule has 0 bridgehead atoms. The molecule has 20 heavy (non-hydrogen) atoms. The van der Waals surface area contributed by atoms with Gasteiger partial charge in [-0.05, 0) is 18.2 Å². The van der Waals surface area contributed by atoms with Crippen LogP contribution in [0.2, 0.25) is 0 Å². The molecule has 0 radical (unpaired) electrons. The Morgan fingerprint density at radius 3 is 2.65 bits per heavy atom. The Bertz CT molecular complexity index is 615. The lowest BCUT2D eigenvalue weighted by atomic mass is 10.2. The van der Waals surface area contributed by atoms with E-state index in [9.17, 15) is 8.42 Å². The number of morpholine rings is 1. The van der Waals surface area contributed by atoms with Gasteiger partial charge < -0.3 is 10.5 Å². The maximum Gasteiger partial charge on any atom is 0.301 e. The van der Waals surface area contributed by atoms with Crippen LogP contribution in [-0.4, -0.2) is 44.0 Å².